The van der Waals surface area contributed by atoms with E-state index in [0.717, 1.165) is 51.5 Å². The van der Waals surface area contributed by atoms with E-state index in [4.69, 9.17) is 15.2 Å². The minimum Gasteiger partial charge on any atom is -0.347 e. The quantitative estimate of drug-likeness (QED) is 0.828. The van der Waals surface area contributed by atoms with Gasteiger partial charge in [-0.2, -0.15) is 0 Å². The fourth-order valence-corrected chi connectivity index (χ4v) is 4.25. The Morgan fingerprint density at radius 1 is 1.00 bits per heavy atom. The Kier molecular flexibility index (Phi) is 3.96. The lowest BCUT2D eigenvalue weighted by atomic mass is 9.85. The molecule has 0 aromatic rings. The monoisotopic (exact) mass is 295 g/mol. The first-order valence-corrected chi connectivity index (χ1v) is 8.74. The molecule has 4 fully saturated rings. The van der Waals surface area contributed by atoms with E-state index in [1.165, 1.54) is 32.5 Å². The average Bonchev–Trinajstić information content (AvgIpc) is 3.21. The van der Waals surface area contributed by atoms with Crippen molar-refractivity contribution in [2.45, 2.75) is 50.0 Å². The van der Waals surface area contributed by atoms with Gasteiger partial charge in [0.15, 0.2) is 5.79 Å². The van der Waals surface area contributed by atoms with E-state index < -0.39 is 0 Å². The van der Waals surface area contributed by atoms with Crippen LogP contribution in [-0.4, -0.2) is 73.6 Å². The largest absolute Gasteiger partial charge is 0.347 e. The van der Waals surface area contributed by atoms with Crippen LogP contribution in [0.2, 0.25) is 0 Å². The number of rotatable bonds is 3. The van der Waals surface area contributed by atoms with E-state index >= 15 is 0 Å². The second-order valence-corrected chi connectivity index (χ2v) is 7.36. The molecule has 120 valence electrons. The maximum Gasteiger partial charge on any atom is 0.170 e. The van der Waals surface area contributed by atoms with Crippen molar-refractivity contribution in [1.29, 1.82) is 0 Å². The molecule has 0 aromatic heterocycles. The molecule has 2 saturated heterocycles. The highest BCUT2D eigenvalue weighted by Gasteiger charge is 2.46. The second kappa shape index (κ2) is 5.78. The Bertz CT molecular complexity index is 361. The van der Waals surface area contributed by atoms with E-state index in [1.54, 1.807) is 0 Å². The molecular weight excluding hydrogens is 266 g/mol. The van der Waals surface area contributed by atoms with Gasteiger partial charge in [-0.05, 0) is 25.2 Å². The molecule has 2 unspecified atom stereocenters. The van der Waals surface area contributed by atoms with E-state index in [0.29, 0.717) is 6.04 Å². The Balaban J connectivity index is 1.34. The van der Waals surface area contributed by atoms with Gasteiger partial charge in [-0.25, -0.2) is 0 Å². The minimum atomic E-state index is -0.314. The van der Waals surface area contributed by atoms with Crippen LogP contribution in [0.15, 0.2) is 0 Å². The van der Waals surface area contributed by atoms with Crippen LogP contribution < -0.4 is 5.73 Å². The van der Waals surface area contributed by atoms with Gasteiger partial charge in [-0.3, -0.25) is 4.90 Å². The van der Waals surface area contributed by atoms with Gasteiger partial charge in [-0.15, -0.1) is 0 Å². The van der Waals surface area contributed by atoms with Crippen LogP contribution in [0.1, 0.15) is 32.1 Å². The number of nitrogens with two attached hydrogens (primary N) is 1. The summed E-state index contributed by atoms with van der Waals surface area (Å²) in [6, 6.07) is 0.707. The predicted octanol–water partition coefficient (Wildman–Crippen LogP) is 0.637. The third-order valence-electron chi connectivity index (χ3n) is 5.78. The summed E-state index contributed by atoms with van der Waals surface area (Å²) in [5.41, 5.74) is 6.42. The predicted molar refractivity (Wildman–Crippen MR) is 81.0 cm³/mol. The summed E-state index contributed by atoms with van der Waals surface area (Å²) in [6.45, 7) is 7.53. The van der Waals surface area contributed by atoms with E-state index in [-0.39, 0.29) is 11.8 Å². The van der Waals surface area contributed by atoms with Gasteiger partial charge in [0.2, 0.25) is 0 Å². The first kappa shape index (κ1) is 14.4. The zero-order chi connectivity index (χ0) is 14.3. The highest BCUT2D eigenvalue weighted by molar-refractivity contribution is 4.96. The lowest BCUT2D eigenvalue weighted by Gasteiger charge is -2.47. The molecule has 0 amide bonds. The summed E-state index contributed by atoms with van der Waals surface area (Å²) in [5, 5.41) is 0. The van der Waals surface area contributed by atoms with Crippen molar-refractivity contribution in [2.24, 2.45) is 11.7 Å². The van der Waals surface area contributed by atoms with Crippen LogP contribution in [0.4, 0.5) is 0 Å². The second-order valence-electron chi connectivity index (χ2n) is 7.36. The third kappa shape index (κ3) is 3.13. The summed E-state index contributed by atoms with van der Waals surface area (Å²) in [5.74, 6) is 0.683. The summed E-state index contributed by atoms with van der Waals surface area (Å²) in [6.07, 6.45) is 5.84. The van der Waals surface area contributed by atoms with Gasteiger partial charge in [0.05, 0.1) is 13.2 Å². The zero-order valence-electron chi connectivity index (χ0n) is 13.0. The average molecular weight is 295 g/mol. The molecule has 4 aliphatic rings. The summed E-state index contributed by atoms with van der Waals surface area (Å²) >= 11 is 0. The third-order valence-corrected chi connectivity index (χ3v) is 5.78. The summed E-state index contributed by atoms with van der Waals surface area (Å²) < 4.78 is 11.8. The number of hydrogen-bond donors (Lipinski definition) is 1. The maximum atomic E-state index is 6.42. The Morgan fingerprint density at radius 3 is 2.38 bits per heavy atom. The first-order chi connectivity index (χ1) is 10.2. The molecule has 4 rings (SSSR count). The molecule has 2 aliphatic heterocycles. The molecule has 21 heavy (non-hydrogen) atoms. The minimum absolute atomic E-state index is 0.276. The smallest absolute Gasteiger partial charge is 0.170 e. The molecule has 2 N–H and O–H groups in total. The number of nitrogens with zero attached hydrogens (tertiary/aromatic N) is 2. The molecule has 2 aliphatic carbocycles. The molecular formula is C16H29N3O2. The van der Waals surface area contributed by atoms with Gasteiger partial charge < -0.3 is 20.1 Å². The molecule has 0 bridgehead atoms. The van der Waals surface area contributed by atoms with Crippen LogP contribution >= 0.6 is 0 Å². The Morgan fingerprint density at radius 2 is 1.71 bits per heavy atom. The van der Waals surface area contributed by atoms with Crippen LogP contribution in [0.5, 0.6) is 0 Å². The van der Waals surface area contributed by atoms with Gasteiger partial charge in [0.25, 0.3) is 0 Å². The first-order valence-electron chi connectivity index (χ1n) is 8.74. The molecule has 1 spiro atoms. The van der Waals surface area contributed by atoms with Crippen molar-refractivity contribution < 1.29 is 9.47 Å². The van der Waals surface area contributed by atoms with Crippen LogP contribution in [0, 0.1) is 5.92 Å². The van der Waals surface area contributed by atoms with Crippen LogP contribution in [0.25, 0.3) is 0 Å². The van der Waals surface area contributed by atoms with Gasteiger partial charge >= 0.3 is 0 Å². The number of hydrogen-bond acceptors (Lipinski definition) is 5. The van der Waals surface area contributed by atoms with Crippen molar-refractivity contribution in [2.75, 3.05) is 45.9 Å². The van der Waals surface area contributed by atoms with Gasteiger partial charge in [0, 0.05) is 57.6 Å². The van der Waals surface area contributed by atoms with E-state index in [9.17, 15) is 0 Å². The van der Waals surface area contributed by atoms with E-state index in [1.807, 2.05) is 0 Å². The van der Waals surface area contributed by atoms with Crippen molar-refractivity contribution in [3.05, 3.63) is 0 Å². The van der Waals surface area contributed by atoms with Crippen molar-refractivity contribution in [1.82, 2.24) is 9.80 Å². The molecule has 2 atom stereocenters. The van der Waals surface area contributed by atoms with Crippen molar-refractivity contribution in [3.8, 4) is 0 Å². The normalized spacial score (nSPS) is 38.1. The van der Waals surface area contributed by atoms with Crippen LogP contribution in [0.3, 0.4) is 0 Å². The van der Waals surface area contributed by atoms with E-state index in [2.05, 4.69) is 9.80 Å². The summed E-state index contributed by atoms with van der Waals surface area (Å²) in [4.78, 5) is 5.24. The molecule has 0 aromatic carbocycles. The number of ether oxygens (including phenoxy) is 2. The fraction of sp³-hybridized carbons (Fsp3) is 1.00. The Labute approximate surface area is 127 Å². The zero-order valence-corrected chi connectivity index (χ0v) is 13.0. The van der Waals surface area contributed by atoms with Gasteiger partial charge in [-0.1, -0.05) is 0 Å². The highest BCUT2D eigenvalue weighted by atomic mass is 16.7. The topological polar surface area (TPSA) is 51.0 Å². The van der Waals surface area contributed by atoms with Crippen molar-refractivity contribution in [3.63, 3.8) is 0 Å². The molecule has 2 saturated carbocycles. The molecule has 0 radical (unpaired) electrons. The fourth-order valence-electron chi connectivity index (χ4n) is 4.25. The lowest BCUT2D eigenvalue weighted by Crippen LogP contribution is -2.60. The van der Waals surface area contributed by atoms with Gasteiger partial charge in [0.1, 0.15) is 0 Å². The summed E-state index contributed by atoms with van der Waals surface area (Å²) in [7, 11) is 0. The number of piperazine rings is 1. The SMILES string of the molecule is NC1CCC2(CC1N1CCN(CC3CC3)CC1)OCCO2. The molecule has 5 nitrogen and oxygen atoms in total. The maximum absolute atomic E-state index is 6.42. The molecule has 5 heteroatoms. The highest BCUT2D eigenvalue weighted by Crippen LogP contribution is 2.37. The van der Waals surface area contributed by atoms with Crippen LogP contribution in [-0.2, 0) is 9.47 Å². The Hall–Kier alpha value is -0.200. The molecule has 2 heterocycles. The van der Waals surface area contributed by atoms with Crippen molar-refractivity contribution >= 4 is 0 Å². The lowest BCUT2D eigenvalue weighted by molar-refractivity contribution is -0.193. The standard InChI is InChI=1S/C16H29N3O2/c17-14-3-4-16(20-9-10-21-16)11-15(14)19-7-5-18(6-8-19)12-13-1-2-13/h13-15H,1-12,17H2.